The van der Waals surface area contributed by atoms with E-state index in [4.69, 9.17) is 0 Å². The van der Waals surface area contributed by atoms with Crippen LogP contribution in [0, 0.1) is 5.82 Å². The van der Waals surface area contributed by atoms with Gasteiger partial charge < -0.3 is 5.32 Å². The van der Waals surface area contributed by atoms with Crippen LogP contribution in [-0.4, -0.2) is 13.0 Å². The van der Waals surface area contributed by atoms with Crippen LogP contribution in [-0.2, 0) is 6.42 Å². The Kier molecular flexibility index (Phi) is 2.61. The maximum Gasteiger partial charge on any atom is 0.252 e. The fourth-order valence-corrected chi connectivity index (χ4v) is 2.18. The maximum atomic E-state index is 13.8. The standard InChI is InChI=1S/C11H9BrFNO/c1-14-11(15)8-5-6-3-2-4-7(6)10(13)9(8)12/h2-3,5H,4H2,1H3,(H,14,15). The summed E-state index contributed by atoms with van der Waals surface area (Å²) in [6.45, 7) is 0. The molecule has 0 aromatic heterocycles. The summed E-state index contributed by atoms with van der Waals surface area (Å²) in [6, 6.07) is 1.70. The van der Waals surface area contributed by atoms with Gasteiger partial charge in [0.2, 0.25) is 0 Å². The first-order valence-electron chi connectivity index (χ1n) is 4.54. The molecule has 0 radical (unpaired) electrons. The Balaban J connectivity index is 2.62. The quantitative estimate of drug-likeness (QED) is 0.834. The highest BCUT2D eigenvalue weighted by atomic mass is 79.9. The first-order valence-corrected chi connectivity index (χ1v) is 5.34. The Hall–Kier alpha value is -1.16. The fraction of sp³-hybridized carbons (Fsp3) is 0.182. The fourth-order valence-electron chi connectivity index (χ4n) is 1.64. The van der Waals surface area contributed by atoms with Crippen LogP contribution >= 0.6 is 15.9 Å². The molecule has 0 saturated carbocycles. The van der Waals surface area contributed by atoms with Crippen molar-refractivity contribution in [2.24, 2.45) is 0 Å². The molecule has 0 unspecified atom stereocenters. The Labute approximate surface area is 95.3 Å². The van der Waals surface area contributed by atoms with Crippen LogP contribution in [0.15, 0.2) is 16.6 Å². The van der Waals surface area contributed by atoms with Crippen molar-refractivity contribution < 1.29 is 9.18 Å². The molecule has 0 heterocycles. The van der Waals surface area contributed by atoms with Crippen LogP contribution in [0.2, 0.25) is 0 Å². The molecule has 0 spiro atoms. The molecule has 2 nitrogen and oxygen atoms in total. The van der Waals surface area contributed by atoms with E-state index in [0.717, 1.165) is 5.56 Å². The molecular weight excluding hydrogens is 261 g/mol. The van der Waals surface area contributed by atoms with Gasteiger partial charge in [0.05, 0.1) is 10.0 Å². The summed E-state index contributed by atoms with van der Waals surface area (Å²) in [5.74, 6) is -0.625. The van der Waals surface area contributed by atoms with Crippen molar-refractivity contribution in [3.63, 3.8) is 0 Å². The SMILES string of the molecule is CNC(=O)c1cc2c(c(F)c1Br)CC=C2. The summed E-state index contributed by atoms with van der Waals surface area (Å²) in [5, 5.41) is 2.48. The van der Waals surface area contributed by atoms with E-state index in [2.05, 4.69) is 21.2 Å². The van der Waals surface area contributed by atoms with Crippen molar-refractivity contribution in [3.8, 4) is 0 Å². The predicted molar refractivity (Wildman–Crippen MR) is 60.2 cm³/mol. The summed E-state index contributed by atoms with van der Waals surface area (Å²) in [6.07, 6.45) is 4.30. The molecule has 0 fully saturated rings. The van der Waals surface area contributed by atoms with Crippen LogP contribution in [0.1, 0.15) is 21.5 Å². The van der Waals surface area contributed by atoms with Gasteiger partial charge in [-0.2, -0.15) is 0 Å². The predicted octanol–water partition coefficient (Wildman–Crippen LogP) is 2.52. The molecule has 1 aromatic rings. The van der Waals surface area contributed by atoms with Crippen molar-refractivity contribution in [2.75, 3.05) is 7.05 Å². The van der Waals surface area contributed by atoms with E-state index in [1.807, 2.05) is 12.2 Å². The molecule has 1 amide bonds. The number of halogens is 2. The molecule has 0 bridgehead atoms. The van der Waals surface area contributed by atoms with Crippen LogP contribution in [0.3, 0.4) is 0 Å². The van der Waals surface area contributed by atoms with Crippen molar-refractivity contribution in [1.82, 2.24) is 5.32 Å². The van der Waals surface area contributed by atoms with Gasteiger partial charge in [-0.15, -0.1) is 0 Å². The van der Waals surface area contributed by atoms with Gasteiger partial charge in [-0.05, 0) is 34.0 Å². The molecule has 78 valence electrons. The van der Waals surface area contributed by atoms with Crippen LogP contribution in [0.25, 0.3) is 6.08 Å². The lowest BCUT2D eigenvalue weighted by Crippen LogP contribution is -2.19. The van der Waals surface area contributed by atoms with E-state index < -0.39 is 0 Å². The van der Waals surface area contributed by atoms with E-state index in [-0.39, 0.29) is 16.2 Å². The summed E-state index contributed by atoms with van der Waals surface area (Å²) in [7, 11) is 1.52. The number of carbonyl (C=O) groups excluding carboxylic acids is 1. The number of allylic oxidation sites excluding steroid dienone is 1. The maximum absolute atomic E-state index is 13.8. The minimum atomic E-state index is -0.337. The Morgan fingerprint density at radius 3 is 3.00 bits per heavy atom. The van der Waals surface area contributed by atoms with Crippen molar-refractivity contribution in [2.45, 2.75) is 6.42 Å². The zero-order valence-electron chi connectivity index (χ0n) is 8.10. The minimum Gasteiger partial charge on any atom is -0.355 e. The van der Waals surface area contributed by atoms with E-state index in [0.29, 0.717) is 17.5 Å². The lowest BCUT2D eigenvalue weighted by molar-refractivity contribution is 0.0961. The van der Waals surface area contributed by atoms with Gasteiger partial charge in [-0.3, -0.25) is 4.79 Å². The summed E-state index contributed by atoms with van der Waals surface area (Å²) < 4.78 is 14.0. The van der Waals surface area contributed by atoms with Crippen LogP contribution in [0.5, 0.6) is 0 Å². The third-order valence-corrected chi connectivity index (χ3v) is 3.21. The number of hydrogen-bond donors (Lipinski definition) is 1. The average Bonchev–Trinajstić information content (AvgIpc) is 2.70. The second-order valence-electron chi connectivity index (χ2n) is 3.31. The highest BCUT2D eigenvalue weighted by Crippen LogP contribution is 2.31. The Morgan fingerprint density at radius 2 is 2.33 bits per heavy atom. The Bertz CT molecular complexity index is 468. The first kappa shape index (κ1) is 10.4. The van der Waals surface area contributed by atoms with Crippen LogP contribution < -0.4 is 5.32 Å². The molecule has 0 atom stereocenters. The number of nitrogens with one attached hydrogen (secondary N) is 1. The highest BCUT2D eigenvalue weighted by Gasteiger charge is 2.20. The molecule has 4 heteroatoms. The number of rotatable bonds is 1. The smallest absolute Gasteiger partial charge is 0.252 e. The highest BCUT2D eigenvalue weighted by molar-refractivity contribution is 9.10. The number of benzene rings is 1. The largest absolute Gasteiger partial charge is 0.355 e. The van der Waals surface area contributed by atoms with E-state index >= 15 is 0 Å². The molecule has 15 heavy (non-hydrogen) atoms. The lowest BCUT2D eigenvalue weighted by atomic mass is 10.0. The zero-order chi connectivity index (χ0) is 11.0. The van der Waals surface area contributed by atoms with Crippen molar-refractivity contribution in [3.05, 3.63) is 39.1 Å². The molecular formula is C11H9BrFNO. The van der Waals surface area contributed by atoms with Crippen molar-refractivity contribution >= 4 is 27.9 Å². The number of amides is 1. The van der Waals surface area contributed by atoms with E-state index in [9.17, 15) is 9.18 Å². The second kappa shape index (κ2) is 3.77. The zero-order valence-corrected chi connectivity index (χ0v) is 9.69. The third-order valence-electron chi connectivity index (χ3n) is 2.43. The molecule has 1 aromatic carbocycles. The van der Waals surface area contributed by atoms with Gasteiger partial charge in [0.15, 0.2) is 0 Å². The Morgan fingerprint density at radius 1 is 1.60 bits per heavy atom. The van der Waals surface area contributed by atoms with Gasteiger partial charge in [-0.25, -0.2) is 4.39 Å². The molecule has 1 aliphatic carbocycles. The minimum absolute atomic E-state index is 0.240. The monoisotopic (exact) mass is 269 g/mol. The number of carbonyl (C=O) groups is 1. The van der Waals surface area contributed by atoms with Gasteiger partial charge >= 0.3 is 0 Å². The molecule has 0 aliphatic heterocycles. The molecule has 0 saturated heterocycles. The van der Waals surface area contributed by atoms with Gasteiger partial charge in [-0.1, -0.05) is 12.2 Å². The lowest BCUT2D eigenvalue weighted by Gasteiger charge is -2.08. The van der Waals surface area contributed by atoms with Crippen molar-refractivity contribution in [1.29, 1.82) is 0 Å². The summed E-state index contributed by atoms with van der Waals surface area (Å²) >= 11 is 3.11. The van der Waals surface area contributed by atoms with Gasteiger partial charge in [0.1, 0.15) is 5.82 Å². The molecule has 1 N–H and O–H groups in total. The van der Waals surface area contributed by atoms with Crippen LogP contribution in [0.4, 0.5) is 4.39 Å². The first-order chi connectivity index (χ1) is 7.15. The van der Waals surface area contributed by atoms with Gasteiger partial charge in [0.25, 0.3) is 5.91 Å². The third kappa shape index (κ3) is 1.59. The molecule has 2 rings (SSSR count). The summed E-state index contributed by atoms with van der Waals surface area (Å²) in [5.41, 5.74) is 1.77. The van der Waals surface area contributed by atoms with E-state index in [1.54, 1.807) is 6.07 Å². The van der Waals surface area contributed by atoms with E-state index in [1.165, 1.54) is 7.05 Å². The topological polar surface area (TPSA) is 29.1 Å². The normalized spacial score (nSPS) is 12.7. The number of hydrogen-bond acceptors (Lipinski definition) is 1. The molecule has 1 aliphatic rings. The number of fused-ring (bicyclic) bond motifs is 1. The second-order valence-corrected chi connectivity index (χ2v) is 4.10. The average molecular weight is 270 g/mol. The van der Waals surface area contributed by atoms with Gasteiger partial charge in [0, 0.05) is 12.6 Å². The summed E-state index contributed by atoms with van der Waals surface area (Å²) in [4.78, 5) is 11.5.